The predicted molar refractivity (Wildman–Crippen MR) is 92.6 cm³/mol. The monoisotopic (exact) mass is 316 g/mol. The van der Waals surface area contributed by atoms with E-state index in [9.17, 15) is 4.79 Å². The fourth-order valence-corrected chi connectivity index (χ4v) is 2.62. The largest absolute Gasteiger partial charge is 0.345 e. The Labute approximate surface area is 140 Å². The summed E-state index contributed by atoms with van der Waals surface area (Å²) in [5.41, 5.74) is 0. The lowest BCUT2D eigenvalue weighted by Crippen LogP contribution is -2.21. The molecule has 0 aromatic rings. The van der Waals surface area contributed by atoms with E-state index in [0.29, 0.717) is 6.42 Å². The molecule has 0 saturated carbocycles. The molecule has 1 rings (SSSR count). The van der Waals surface area contributed by atoms with Gasteiger partial charge in [0, 0.05) is 6.42 Å². The van der Waals surface area contributed by atoms with E-state index >= 15 is 0 Å². The van der Waals surface area contributed by atoms with Gasteiger partial charge in [0.05, 0.1) is 12.2 Å². The van der Waals surface area contributed by atoms with Gasteiger partial charge < -0.3 is 9.47 Å². The Morgan fingerprint density at radius 3 is 2.52 bits per heavy atom. The molecule has 1 aliphatic heterocycles. The third kappa shape index (κ3) is 8.03. The second kappa shape index (κ2) is 10.3. The summed E-state index contributed by atoms with van der Waals surface area (Å²) in [6.07, 6.45) is 9.03. The molecular formula is C20H28O3. The zero-order chi connectivity index (χ0) is 17.1. The van der Waals surface area contributed by atoms with E-state index in [1.54, 1.807) is 0 Å². The zero-order valence-corrected chi connectivity index (χ0v) is 14.6. The van der Waals surface area contributed by atoms with Gasteiger partial charge in [-0.2, -0.15) is 0 Å². The van der Waals surface area contributed by atoms with Gasteiger partial charge in [0.1, 0.15) is 0 Å². The summed E-state index contributed by atoms with van der Waals surface area (Å²) < 4.78 is 11.9. The Balaban J connectivity index is 2.46. The van der Waals surface area contributed by atoms with Crippen LogP contribution in [0.2, 0.25) is 0 Å². The summed E-state index contributed by atoms with van der Waals surface area (Å²) in [4.78, 5) is 11.0. The van der Waals surface area contributed by atoms with Crippen molar-refractivity contribution < 1.29 is 14.3 Å². The molecule has 0 amide bonds. The summed E-state index contributed by atoms with van der Waals surface area (Å²) in [5.74, 6) is 9.72. The molecule has 1 fully saturated rings. The molecule has 2 atom stereocenters. The van der Waals surface area contributed by atoms with Crippen LogP contribution in [0.25, 0.3) is 0 Å². The maximum Gasteiger partial charge on any atom is 0.229 e. The molecule has 0 aromatic heterocycles. The molecule has 126 valence electrons. The van der Waals surface area contributed by atoms with E-state index in [2.05, 4.69) is 37.2 Å². The first-order chi connectivity index (χ1) is 11.0. The molecule has 0 radical (unpaired) electrons. The molecule has 0 aromatic carbocycles. The number of ether oxygens (including phenoxy) is 2. The van der Waals surface area contributed by atoms with E-state index in [4.69, 9.17) is 9.47 Å². The highest BCUT2D eigenvalue weighted by atomic mass is 16.7. The fraction of sp³-hybridized carbons (Fsp3) is 0.650. The van der Waals surface area contributed by atoms with Crippen LogP contribution >= 0.6 is 0 Å². The number of ketones is 1. The average Bonchev–Trinajstić information content (AvgIpc) is 2.80. The van der Waals surface area contributed by atoms with E-state index in [1.165, 1.54) is 31.8 Å². The second-order valence-electron chi connectivity index (χ2n) is 6.24. The molecule has 0 bridgehead atoms. The van der Waals surface area contributed by atoms with Gasteiger partial charge in [0.15, 0.2) is 5.79 Å². The van der Waals surface area contributed by atoms with Gasteiger partial charge in [-0.1, -0.05) is 51.5 Å². The molecule has 1 heterocycles. The lowest BCUT2D eigenvalue weighted by molar-refractivity contribution is -0.146. The number of carbonyl (C=O) groups is 1. The van der Waals surface area contributed by atoms with Crippen LogP contribution in [-0.4, -0.2) is 23.8 Å². The minimum absolute atomic E-state index is 0.0272. The number of rotatable bonds is 8. The molecule has 0 aliphatic carbocycles. The van der Waals surface area contributed by atoms with Crippen LogP contribution in [0.3, 0.4) is 0 Å². The fourth-order valence-electron chi connectivity index (χ4n) is 2.62. The van der Waals surface area contributed by atoms with Gasteiger partial charge in [-0.3, -0.25) is 4.79 Å². The molecule has 3 nitrogen and oxygen atoms in total. The molecule has 3 heteroatoms. The van der Waals surface area contributed by atoms with Gasteiger partial charge >= 0.3 is 0 Å². The molecule has 0 spiro atoms. The highest BCUT2D eigenvalue weighted by molar-refractivity contribution is 6.04. The van der Waals surface area contributed by atoms with E-state index < -0.39 is 5.79 Å². The minimum atomic E-state index is -0.551. The highest BCUT2D eigenvalue weighted by Gasteiger charge is 2.40. The summed E-state index contributed by atoms with van der Waals surface area (Å²) in [7, 11) is 0. The predicted octanol–water partition coefficient (Wildman–Crippen LogP) is 4.02. The summed E-state index contributed by atoms with van der Waals surface area (Å²) in [6.45, 7) is 9.45. The van der Waals surface area contributed by atoms with Crippen molar-refractivity contribution in [3.8, 4) is 23.7 Å². The van der Waals surface area contributed by atoms with Crippen LogP contribution in [-0.2, 0) is 14.3 Å². The number of unbranched alkanes of at least 4 members (excludes halogenated alkanes) is 4. The molecular weight excluding hydrogens is 288 g/mol. The lowest BCUT2D eigenvalue weighted by Gasteiger charge is -2.16. The Hall–Kier alpha value is -1.55. The SMILES string of the molecule is C=CC(=O)C#CC#CCC1OC(C)(C)OC1CCCCCCC. The van der Waals surface area contributed by atoms with Gasteiger partial charge in [0.25, 0.3) is 0 Å². The number of hydrogen-bond donors (Lipinski definition) is 0. The topological polar surface area (TPSA) is 35.5 Å². The standard InChI is InChI=1S/C20H28O3/c1-5-7-8-9-12-15-18-19(23-20(3,4)22-18)16-13-10-11-14-17(21)6-2/h6,18-19H,2,5,7-9,12,15-16H2,1,3-4H3. The zero-order valence-electron chi connectivity index (χ0n) is 14.6. The normalized spacial score (nSPS) is 21.7. The van der Waals surface area contributed by atoms with Crippen LogP contribution in [0.5, 0.6) is 0 Å². The van der Waals surface area contributed by atoms with Gasteiger partial charge in [-0.25, -0.2) is 0 Å². The summed E-state index contributed by atoms with van der Waals surface area (Å²) in [5, 5.41) is 0. The maximum absolute atomic E-state index is 11.0. The van der Waals surface area contributed by atoms with E-state index in [-0.39, 0.29) is 18.0 Å². The average molecular weight is 316 g/mol. The third-order valence-corrected chi connectivity index (χ3v) is 3.70. The first-order valence-electron chi connectivity index (χ1n) is 8.49. The van der Waals surface area contributed by atoms with Crippen molar-refractivity contribution in [1.82, 2.24) is 0 Å². The molecule has 1 aliphatic rings. The Kier molecular flexibility index (Phi) is 8.70. The van der Waals surface area contributed by atoms with Gasteiger partial charge in [0.2, 0.25) is 5.78 Å². The van der Waals surface area contributed by atoms with E-state index in [1.807, 2.05) is 13.8 Å². The first kappa shape index (κ1) is 19.5. The van der Waals surface area contributed by atoms with Crippen LogP contribution in [0, 0.1) is 23.7 Å². The second-order valence-corrected chi connectivity index (χ2v) is 6.24. The number of carbonyl (C=O) groups excluding carboxylic acids is 1. The van der Waals surface area contributed by atoms with Crippen LogP contribution < -0.4 is 0 Å². The number of hydrogen-bond acceptors (Lipinski definition) is 3. The van der Waals surface area contributed by atoms with Crippen molar-refractivity contribution in [1.29, 1.82) is 0 Å². The van der Waals surface area contributed by atoms with Crippen LogP contribution in [0.15, 0.2) is 12.7 Å². The molecule has 23 heavy (non-hydrogen) atoms. The van der Waals surface area contributed by atoms with E-state index in [0.717, 1.165) is 12.8 Å². The first-order valence-corrected chi connectivity index (χ1v) is 8.49. The van der Waals surface area contributed by atoms with Gasteiger partial charge in [-0.15, -0.1) is 0 Å². The van der Waals surface area contributed by atoms with Crippen molar-refractivity contribution in [2.24, 2.45) is 0 Å². The maximum atomic E-state index is 11.0. The minimum Gasteiger partial charge on any atom is -0.345 e. The van der Waals surface area contributed by atoms with Crippen LogP contribution in [0.4, 0.5) is 0 Å². The Morgan fingerprint density at radius 1 is 1.13 bits per heavy atom. The van der Waals surface area contributed by atoms with Crippen molar-refractivity contribution >= 4 is 5.78 Å². The lowest BCUT2D eigenvalue weighted by atomic mass is 10.0. The highest BCUT2D eigenvalue weighted by Crippen LogP contribution is 2.32. The Morgan fingerprint density at radius 2 is 1.83 bits per heavy atom. The summed E-state index contributed by atoms with van der Waals surface area (Å²) in [6, 6.07) is 0. The Bertz CT molecular complexity index is 510. The van der Waals surface area contributed by atoms with Crippen LogP contribution in [0.1, 0.15) is 65.7 Å². The smallest absolute Gasteiger partial charge is 0.229 e. The molecule has 0 N–H and O–H groups in total. The van der Waals surface area contributed by atoms with Gasteiger partial charge in [-0.05, 0) is 44.1 Å². The quantitative estimate of drug-likeness (QED) is 0.294. The van der Waals surface area contributed by atoms with Crippen molar-refractivity contribution in [2.45, 2.75) is 83.7 Å². The summed E-state index contributed by atoms with van der Waals surface area (Å²) >= 11 is 0. The van der Waals surface area contributed by atoms with Crippen molar-refractivity contribution in [2.75, 3.05) is 0 Å². The number of allylic oxidation sites excluding steroid dienone is 1. The van der Waals surface area contributed by atoms with Crippen molar-refractivity contribution in [3.63, 3.8) is 0 Å². The third-order valence-electron chi connectivity index (χ3n) is 3.70. The molecule has 1 saturated heterocycles. The van der Waals surface area contributed by atoms with Crippen molar-refractivity contribution in [3.05, 3.63) is 12.7 Å². The molecule has 2 unspecified atom stereocenters.